The van der Waals surface area contributed by atoms with Gasteiger partial charge in [0.05, 0.1) is 11.6 Å². The molecule has 0 atom stereocenters. The SMILES string of the molecule is N#Cc1ccc(-c2ccc(-c3nc(-c4ccccc4)nc(-c4ccc(C56C[C@H]7C[C@H](C5)C[C@@H](C6)C7)cc4C45C[C@H]6C[C@@H](C4)C[C@@H](C5)C6)n3)cc2)cc1. The molecule has 8 fully saturated rings. The molecule has 8 aliphatic carbocycles. The zero-order valence-electron chi connectivity index (χ0n) is 30.0. The Morgan fingerprint density at radius 3 is 1.42 bits per heavy atom. The molecule has 8 saturated carbocycles. The highest BCUT2D eigenvalue weighted by Gasteiger charge is 2.54. The van der Waals surface area contributed by atoms with Crippen molar-refractivity contribution < 1.29 is 0 Å². The standard InChI is InChI=1S/C48H46N4/c49-29-30-6-8-37(9-7-30)38-10-12-40(13-11-38)45-50-44(39-4-2-1-3-5-39)51-46(52-45)42-15-14-41(47-23-31-16-32(24-47)18-33(17-31)25-47)22-43(42)48-26-34-19-35(27-48)21-36(20-34)28-48/h1-15,22,31-36H,16-21,23-28H2/t31-,32-,33-,34-,35+,36-,47?,48?. The maximum Gasteiger partial charge on any atom is 0.164 e. The van der Waals surface area contributed by atoms with E-state index in [4.69, 9.17) is 15.0 Å². The van der Waals surface area contributed by atoms with Gasteiger partial charge in [-0.05, 0) is 158 Å². The van der Waals surface area contributed by atoms with Crippen molar-refractivity contribution in [2.24, 2.45) is 35.5 Å². The van der Waals surface area contributed by atoms with Crippen molar-refractivity contribution in [3.05, 3.63) is 114 Å². The van der Waals surface area contributed by atoms with Crippen LogP contribution in [-0.2, 0) is 10.8 Å². The molecule has 8 aliphatic rings. The van der Waals surface area contributed by atoms with Crippen LogP contribution in [0.5, 0.6) is 0 Å². The van der Waals surface area contributed by atoms with Crippen LogP contribution in [0.2, 0.25) is 0 Å². The minimum atomic E-state index is 0.227. The van der Waals surface area contributed by atoms with Gasteiger partial charge in [0.25, 0.3) is 0 Å². The van der Waals surface area contributed by atoms with Crippen LogP contribution in [-0.4, -0.2) is 15.0 Å². The van der Waals surface area contributed by atoms with E-state index in [1.807, 2.05) is 24.3 Å². The summed E-state index contributed by atoms with van der Waals surface area (Å²) < 4.78 is 0. The highest BCUT2D eigenvalue weighted by molar-refractivity contribution is 5.72. The summed E-state index contributed by atoms with van der Waals surface area (Å²) in [4.78, 5) is 15.9. The van der Waals surface area contributed by atoms with Crippen molar-refractivity contribution in [3.8, 4) is 51.4 Å². The summed E-state index contributed by atoms with van der Waals surface area (Å²) in [6.45, 7) is 0. The average molecular weight is 679 g/mol. The Balaban J connectivity index is 1.06. The van der Waals surface area contributed by atoms with E-state index in [1.165, 1.54) is 82.6 Å². The fourth-order valence-electron chi connectivity index (χ4n) is 13.3. The first-order chi connectivity index (χ1) is 25.5. The summed E-state index contributed by atoms with van der Waals surface area (Å²) >= 11 is 0. The lowest BCUT2D eigenvalue weighted by atomic mass is 9.46. The molecule has 1 heterocycles. The summed E-state index contributed by atoms with van der Waals surface area (Å²) in [7, 11) is 0. The van der Waals surface area contributed by atoms with Crippen LogP contribution >= 0.6 is 0 Å². The number of aromatic nitrogens is 3. The molecule has 4 aromatic carbocycles. The Hall–Kier alpha value is -4.62. The van der Waals surface area contributed by atoms with Crippen LogP contribution in [0.15, 0.2) is 97.1 Å². The monoisotopic (exact) mass is 678 g/mol. The van der Waals surface area contributed by atoms with Crippen molar-refractivity contribution in [1.82, 2.24) is 15.0 Å². The lowest BCUT2D eigenvalue weighted by Crippen LogP contribution is -2.50. The van der Waals surface area contributed by atoms with Crippen molar-refractivity contribution in [2.45, 2.75) is 87.9 Å². The number of nitriles is 1. The molecule has 0 N–H and O–H groups in total. The van der Waals surface area contributed by atoms with Crippen molar-refractivity contribution >= 4 is 0 Å². The van der Waals surface area contributed by atoms with Crippen molar-refractivity contribution in [3.63, 3.8) is 0 Å². The van der Waals surface area contributed by atoms with Crippen LogP contribution in [0.1, 0.15) is 93.7 Å². The molecule has 52 heavy (non-hydrogen) atoms. The molecule has 258 valence electrons. The van der Waals surface area contributed by atoms with E-state index in [1.54, 1.807) is 11.1 Å². The first-order valence-electron chi connectivity index (χ1n) is 20.1. The van der Waals surface area contributed by atoms with Gasteiger partial charge in [0.2, 0.25) is 0 Å². The maximum absolute atomic E-state index is 9.27. The van der Waals surface area contributed by atoms with Gasteiger partial charge in [0.1, 0.15) is 0 Å². The molecule has 0 unspecified atom stereocenters. The second-order valence-electron chi connectivity index (χ2n) is 18.1. The van der Waals surface area contributed by atoms with Crippen LogP contribution in [0, 0.1) is 46.8 Å². The maximum atomic E-state index is 9.27. The summed E-state index contributed by atoms with van der Waals surface area (Å²) in [5.41, 5.74) is 9.90. The third-order valence-corrected chi connectivity index (χ3v) is 14.7. The van der Waals surface area contributed by atoms with Gasteiger partial charge < -0.3 is 0 Å². The summed E-state index contributed by atoms with van der Waals surface area (Å²) in [6.07, 6.45) is 16.9. The zero-order chi connectivity index (χ0) is 34.4. The molecule has 8 bridgehead atoms. The average Bonchev–Trinajstić information content (AvgIpc) is 3.17. The van der Waals surface area contributed by atoms with Gasteiger partial charge in [0, 0.05) is 16.7 Å². The van der Waals surface area contributed by atoms with Crippen LogP contribution in [0.25, 0.3) is 45.3 Å². The van der Waals surface area contributed by atoms with Gasteiger partial charge >= 0.3 is 0 Å². The Morgan fingerprint density at radius 1 is 0.462 bits per heavy atom. The van der Waals surface area contributed by atoms with Gasteiger partial charge in [-0.2, -0.15) is 5.26 Å². The normalized spacial score (nSPS) is 32.2. The number of hydrogen-bond donors (Lipinski definition) is 0. The Kier molecular flexibility index (Phi) is 6.96. The quantitative estimate of drug-likeness (QED) is 0.179. The Morgan fingerprint density at radius 2 is 0.904 bits per heavy atom. The highest BCUT2D eigenvalue weighted by Crippen LogP contribution is 2.64. The molecular formula is C48H46N4. The van der Waals surface area contributed by atoms with Crippen LogP contribution in [0.3, 0.4) is 0 Å². The third-order valence-electron chi connectivity index (χ3n) is 14.7. The molecule has 0 radical (unpaired) electrons. The molecule has 4 nitrogen and oxygen atoms in total. The Labute approximate surface area is 307 Å². The molecule has 5 aromatic rings. The minimum Gasteiger partial charge on any atom is -0.208 e. The number of hydrogen-bond acceptors (Lipinski definition) is 4. The van der Waals surface area contributed by atoms with E-state index < -0.39 is 0 Å². The number of nitrogens with zero attached hydrogens (tertiary/aromatic N) is 4. The smallest absolute Gasteiger partial charge is 0.164 e. The number of benzene rings is 4. The predicted molar refractivity (Wildman–Crippen MR) is 206 cm³/mol. The predicted octanol–water partition coefficient (Wildman–Crippen LogP) is 11.3. The molecular weight excluding hydrogens is 633 g/mol. The fraction of sp³-hybridized carbons (Fsp3) is 0.417. The zero-order valence-corrected chi connectivity index (χ0v) is 30.0. The van der Waals surface area contributed by atoms with E-state index in [2.05, 4.69) is 78.9 Å². The minimum absolute atomic E-state index is 0.227. The van der Waals surface area contributed by atoms with E-state index in [0.29, 0.717) is 11.0 Å². The molecule has 0 aliphatic heterocycles. The van der Waals surface area contributed by atoms with Gasteiger partial charge in [-0.1, -0.05) is 84.9 Å². The molecule has 1 aromatic heterocycles. The van der Waals surface area contributed by atoms with E-state index in [0.717, 1.165) is 75.2 Å². The molecule has 13 rings (SSSR count). The van der Waals surface area contributed by atoms with Crippen LogP contribution in [0.4, 0.5) is 0 Å². The molecule has 0 amide bonds. The second-order valence-corrected chi connectivity index (χ2v) is 18.1. The van der Waals surface area contributed by atoms with Crippen LogP contribution < -0.4 is 0 Å². The molecule has 0 saturated heterocycles. The topological polar surface area (TPSA) is 62.5 Å². The lowest BCUT2D eigenvalue weighted by molar-refractivity contribution is -0.00820. The van der Waals surface area contributed by atoms with Crippen molar-refractivity contribution in [1.29, 1.82) is 5.26 Å². The largest absolute Gasteiger partial charge is 0.208 e. The Bertz CT molecular complexity index is 2140. The first-order valence-corrected chi connectivity index (χ1v) is 20.1. The highest BCUT2D eigenvalue weighted by atomic mass is 15.0. The fourth-order valence-corrected chi connectivity index (χ4v) is 13.3. The lowest BCUT2D eigenvalue weighted by Gasteiger charge is -2.59. The van der Waals surface area contributed by atoms with E-state index in [9.17, 15) is 5.26 Å². The summed E-state index contributed by atoms with van der Waals surface area (Å²) in [5.74, 6) is 7.66. The third kappa shape index (κ3) is 5.10. The van der Waals surface area contributed by atoms with Crippen molar-refractivity contribution in [2.75, 3.05) is 0 Å². The van der Waals surface area contributed by atoms with Gasteiger partial charge in [-0.15, -0.1) is 0 Å². The first kappa shape index (κ1) is 31.0. The van der Waals surface area contributed by atoms with E-state index >= 15 is 0 Å². The summed E-state index contributed by atoms with van der Waals surface area (Å²) in [6, 6.07) is 36.7. The van der Waals surface area contributed by atoms with Gasteiger partial charge in [-0.25, -0.2) is 15.0 Å². The van der Waals surface area contributed by atoms with Gasteiger partial charge in [0.15, 0.2) is 17.5 Å². The number of rotatable bonds is 6. The molecule has 4 heteroatoms. The van der Waals surface area contributed by atoms with Gasteiger partial charge in [-0.3, -0.25) is 0 Å². The second kappa shape index (κ2) is 11.7. The summed E-state index contributed by atoms with van der Waals surface area (Å²) in [5, 5.41) is 9.27. The molecule has 0 spiro atoms. The van der Waals surface area contributed by atoms with E-state index in [-0.39, 0.29) is 5.41 Å².